The second-order valence-electron chi connectivity index (χ2n) is 5.06. The predicted molar refractivity (Wildman–Crippen MR) is 74.0 cm³/mol. The summed E-state index contributed by atoms with van der Waals surface area (Å²) in [6, 6.07) is -0.392. The van der Waals surface area contributed by atoms with E-state index in [-0.39, 0.29) is 30.9 Å². The van der Waals surface area contributed by atoms with Crippen LogP contribution < -0.4 is 5.32 Å². The molecule has 1 aliphatic rings. The minimum atomic E-state index is -0.392. The van der Waals surface area contributed by atoms with Crippen molar-refractivity contribution in [2.45, 2.75) is 46.0 Å². The number of hydrogen-bond acceptors (Lipinski definition) is 4. The second kappa shape index (κ2) is 8.55. The molecule has 0 aromatic heterocycles. The summed E-state index contributed by atoms with van der Waals surface area (Å²) in [5, 5.41) is 2.61. The summed E-state index contributed by atoms with van der Waals surface area (Å²) >= 11 is 0. The summed E-state index contributed by atoms with van der Waals surface area (Å²) in [6.07, 6.45) is 3.82. The first kappa shape index (κ1) is 16.5. The van der Waals surface area contributed by atoms with Crippen LogP contribution in [0, 0.1) is 5.92 Å². The highest BCUT2D eigenvalue weighted by Crippen LogP contribution is 2.11. The number of esters is 1. The van der Waals surface area contributed by atoms with Crippen molar-refractivity contribution in [1.82, 2.24) is 10.2 Å². The van der Waals surface area contributed by atoms with Crippen molar-refractivity contribution in [3.8, 4) is 0 Å². The van der Waals surface area contributed by atoms with Crippen molar-refractivity contribution in [2.75, 3.05) is 19.7 Å². The Bertz CT molecular complexity index is 357. The van der Waals surface area contributed by atoms with E-state index >= 15 is 0 Å². The second-order valence-corrected chi connectivity index (χ2v) is 5.06. The van der Waals surface area contributed by atoms with Gasteiger partial charge in [0.1, 0.15) is 6.61 Å². The van der Waals surface area contributed by atoms with E-state index in [1.807, 2.05) is 6.92 Å². The molecule has 1 atom stereocenters. The standard InChI is InChI=1S/C14H24N2O4/c1-3-11(2)13(18)20-10-8-15-14(19)16-9-6-4-5-7-12(16)17/h11H,3-10H2,1-2H3,(H,15,19). The number of ether oxygens (including phenoxy) is 1. The molecule has 1 rings (SSSR count). The van der Waals surface area contributed by atoms with Gasteiger partial charge in [-0.2, -0.15) is 0 Å². The molecule has 0 aliphatic carbocycles. The normalized spacial score (nSPS) is 17.3. The largest absolute Gasteiger partial charge is 0.464 e. The number of rotatable bonds is 5. The lowest BCUT2D eigenvalue weighted by Gasteiger charge is -2.19. The Hall–Kier alpha value is -1.59. The van der Waals surface area contributed by atoms with Crippen LogP contribution in [0.25, 0.3) is 0 Å². The van der Waals surface area contributed by atoms with Crippen LogP contribution in [-0.4, -0.2) is 42.5 Å². The number of urea groups is 1. The van der Waals surface area contributed by atoms with Crippen molar-refractivity contribution in [2.24, 2.45) is 5.92 Å². The molecule has 6 heteroatoms. The molecule has 0 spiro atoms. The van der Waals surface area contributed by atoms with Gasteiger partial charge < -0.3 is 10.1 Å². The van der Waals surface area contributed by atoms with E-state index in [1.54, 1.807) is 6.92 Å². The zero-order chi connectivity index (χ0) is 15.0. The van der Waals surface area contributed by atoms with E-state index in [4.69, 9.17) is 4.74 Å². The molecule has 114 valence electrons. The maximum atomic E-state index is 11.8. The molecule has 0 bridgehead atoms. The Morgan fingerprint density at radius 2 is 2.10 bits per heavy atom. The van der Waals surface area contributed by atoms with Crippen LogP contribution in [-0.2, 0) is 14.3 Å². The fourth-order valence-electron chi connectivity index (χ4n) is 1.91. The average molecular weight is 284 g/mol. The van der Waals surface area contributed by atoms with Gasteiger partial charge in [0.05, 0.1) is 12.5 Å². The first-order valence-corrected chi connectivity index (χ1v) is 7.31. The quantitative estimate of drug-likeness (QED) is 0.615. The molecule has 1 N–H and O–H groups in total. The Morgan fingerprint density at radius 3 is 2.80 bits per heavy atom. The van der Waals surface area contributed by atoms with E-state index in [0.717, 1.165) is 25.7 Å². The maximum absolute atomic E-state index is 11.8. The molecule has 0 aromatic rings. The van der Waals surface area contributed by atoms with Gasteiger partial charge in [0.15, 0.2) is 0 Å². The number of amides is 3. The molecule has 1 heterocycles. The van der Waals surface area contributed by atoms with Gasteiger partial charge in [-0.05, 0) is 19.3 Å². The molecule has 20 heavy (non-hydrogen) atoms. The first-order valence-electron chi connectivity index (χ1n) is 7.31. The zero-order valence-corrected chi connectivity index (χ0v) is 12.3. The van der Waals surface area contributed by atoms with Gasteiger partial charge in [-0.25, -0.2) is 4.79 Å². The molecule has 1 fully saturated rings. The first-order chi connectivity index (χ1) is 9.56. The summed E-state index contributed by atoms with van der Waals surface area (Å²) in [7, 11) is 0. The van der Waals surface area contributed by atoms with Crippen LogP contribution in [0.5, 0.6) is 0 Å². The number of hydrogen-bond donors (Lipinski definition) is 1. The number of imide groups is 1. The molecule has 0 saturated carbocycles. The van der Waals surface area contributed by atoms with E-state index in [1.165, 1.54) is 4.90 Å². The van der Waals surface area contributed by atoms with E-state index in [2.05, 4.69) is 5.32 Å². The molecular weight excluding hydrogens is 260 g/mol. The van der Waals surface area contributed by atoms with E-state index < -0.39 is 6.03 Å². The Kier molecular flexibility index (Phi) is 7.04. The lowest BCUT2D eigenvalue weighted by atomic mass is 10.1. The smallest absolute Gasteiger partial charge is 0.324 e. The Morgan fingerprint density at radius 1 is 1.35 bits per heavy atom. The molecule has 1 saturated heterocycles. The highest BCUT2D eigenvalue weighted by atomic mass is 16.5. The SMILES string of the molecule is CCC(C)C(=O)OCCNC(=O)N1CCCCCC1=O. The molecule has 3 amide bonds. The van der Waals surface area contributed by atoms with Gasteiger partial charge in [-0.1, -0.05) is 20.3 Å². The molecule has 0 aromatic carbocycles. The topological polar surface area (TPSA) is 75.7 Å². The molecule has 0 radical (unpaired) electrons. The number of nitrogens with zero attached hydrogens (tertiary/aromatic N) is 1. The lowest BCUT2D eigenvalue weighted by Crippen LogP contribution is -2.44. The van der Waals surface area contributed by atoms with Crippen molar-refractivity contribution in [3.05, 3.63) is 0 Å². The van der Waals surface area contributed by atoms with Crippen molar-refractivity contribution in [3.63, 3.8) is 0 Å². The average Bonchev–Trinajstić information content (AvgIpc) is 2.66. The third-order valence-corrected chi connectivity index (χ3v) is 3.46. The zero-order valence-electron chi connectivity index (χ0n) is 12.3. The monoisotopic (exact) mass is 284 g/mol. The van der Waals surface area contributed by atoms with Gasteiger partial charge in [0.25, 0.3) is 0 Å². The van der Waals surface area contributed by atoms with Gasteiger partial charge in [0, 0.05) is 13.0 Å². The molecular formula is C14H24N2O4. The van der Waals surface area contributed by atoms with Crippen LogP contribution >= 0.6 is 0 Å². The maximum Gasteiger partial charge on any atom is 0.324 e. The van der Waals surface area contributed by atoms with Crippen LogP contribution in [0.1, 0.15) is 46.0 Å². The third-order valence-electron chi connectivity index (χ3n) is 3.46. The Labute approximate surface area is 119 Å². The van der Waals surface area contributed by atoms with Crippen molar-refractivity contribution < 1.29 is 19.1 Å². The van der Waals surface area contributed by atoms with Crippen LogP contribution in [0.15, 0.2) is 0 Å². The molecule has 1 unspecified atom stereocenters. The number of nitrogens with one attached hydrogen (secondary N) is 1. The number of carbonyl (C=O) groups is 3. The summed E-state index contributed by atoms with van der Waals surface area (Å²) in [4.78, 5) is 36.2. The van der Waals surface area contributed by atoms with E-state index in [9.17, 15) is 14.4 Å². The van der Waals surface area contributed by atoms with Crippen LogP contribution in [0.3, 0.4) is 0 Å². The highest BCUT2D eigenvalue weighted by Gasteiger charge is 2.22. The predicted octanol–water partition coefficient (Wildman–Crippen LogP) is 1.69. The van der Waals surface area contributed by atoms with Gasteiger partial charge in [-0.3, -0.25) is 14.5 Å². The van der Waals surface area contributed by atoms with E-state index in [0.29, 0.717) is 13.0 Å². The van der Waals surface area contributed by atoms with Gasteiger partial charge in [-0.15, -0.1) is 0 Å². The number of likely N-dealkylation sites (tertiary alicyclic amines) is 1. The van der Waals surface area contributed by atoms with Crippen LogP contribution in [0.4, 0.5) is 4.79 Å². The number of carbonyl (C=O) groups excluding carboxylic acids is 3. The third kappa shape index (κ3) is 5.19. The highest BCUT2D eigenvalue weighted by molar-refractivity contribution is 5.94. The summed E-state index contributed by atoms with van der Waals surface area (Å²) in [6.45, 7) is 4.55. The Balaban J connectivity index is 2.25. The minimum absolute atomic E-state index is 0.127. The fourth-order valence-corrected chi connectivity index (χ4v) is 1.91. The summed E-state index contributed by atoms with van der Waals surface area (Å²) in [5.41, 5.74) is 0. The van der Waals surface area contributed by atoms with Crippen molar-refractivity contribution >= 4 is 17.9 Å². The fraction of sp³-hybridized carbons (Fsp3) is 0.786. The van der Waals surface area contributed by atoms with Gasteiger partial charge in [0.2, 0.25) is 5.91 Å². The van der Waals surface area contributed by atoms with Gasteiger partial charge >= 0.3 is 12.0 Å². The van der Waals surface area contributed by atoms with Crippen molar-refractivity contribution in [1.29, 1.82) is 0 Å². The summed E-state index contributed by atoms with van der Waals surface area (Å²) < 4.78 is 5.03. The van der Waals surface area contributed by atoms with Crippen LogP contribution in [0.2, 0.25) is 0 Å². The molecule has 1 aliphatic heterocycles. The molecule has 6 nitrogen and oxygen atoms in total. The lowest BCUT2D eigenvalue weighted by molar-refractivity contribution is -0.147. The minimum Gasteiger partial charge on any atom is -0.464 e. The summed E-state index contributed by atoms with van der Waals surface area (Å²) in [5.74, 6) is -0.512.